The van der Waals surface area contributed by atoms with Crippen molar-refractivity contribution in [1.82, 2.24) is 4.57 Å². The van der Waals surface area contributed by atoms with E-state index >= 15 is 0 Å². The van der Waals surface area contributed by atoms with Crippen LogP contribution >= 0.6 is 15.9 Å². The van der Waals surface area contributed by atoms with Crippen molar-refractivity contribution < 1.29 is 0 Å². The molecule has 0 spiro atoms. The number of aromatic nitrogens is 1. The first-order valence-corrected chi connectivity index (χ1v) is 6.12. The Morgan fingerprint density at radius 1 is 1.19 bits per heavy atom. The van der Waals surface area contributed by atoms with E-state index in [2.05, 4.69) is 64.1 Å². The normalized spacial score (nSPS) is 10.7. The van der Waals surface area contributed by atoms with Crippen LogP contribution in [0.3, 0.4) is 0 Å². The van der Waals surface area contributed by atoms with Crippen LogP contribution in [0, 0.1) is 0 Å². The smallest absolute Gasteiger partial charge is 0.0510 e. The Labute approximate surface area is 104 Å². The monoisotopic (exact) mass is 278 g/mol. The summed E-state index contributed by atoms with van der Waals surface area (Å²) >= 11 is 3.45. The molecule has 0 aliphatic carbocycles. The lowest BCUT2D eigenvalue weighted by Crippen LogP contribution is -2.03. The quantitative estimate of drug-likeness (QED) is 0.920. The Kier molecular flexibility index (Phi) is 3.46. The van der Waals surface area contributed by atoms with Crippen molar-refractivity contribution in [3.8, 4) is 11.3 Å². The zero-order valence-electron chi connectivity index (χ0n) is 9.28. The number of benzene rings is 1. The molecule has 1 aromatic heterocycles. The maximum atomic E-state index is 5.62. The second kappa shape index (κ2) is 4.85. The Morgan fingerprint density at radius 3 is 2.50 bits per heavy atom. The van der Waals surface area contributed by atoms with Crippen molar-refractivity contribution in [1.29, 1.82) is 0 Å². The molecule has 16 heavy (non-hydrogen) atoms. The number of nitrogens with zero attached hydrogens (tertiary/aromatic N) is 1. The molecule has 0 atom stereocenters. The molecule has 1 aromatic carbocycles. The largest absolute Gasteiger partial charge is 0.350 e. The zero-order chi connectivity index (χ0) is 11.5. The van der Waals surface area contributed by atoms with Gasteiger partial charge < -0.3 is 10.3 Å². The van der Waals surface area contributed by atoms with Gasteiger partial charge in [0.2, 0.25) is 0 Å². The summed E-state index contributed by atoms with van der Waals surface area (Å²) in [6.45, 7) is 0.688. The lowest BCUT2D eigenvalue weighted by Gasteiger charge is -2.07. The van der Waals surface area contributed by atoms with Gasteiger partial charge in [0.05, 0.1) is 5.69 Å². The third-order valence-corrected chi connectivity index (χ3v) is 3.22. The van der Waals surface area contributed by atoms with Crippen LogP contribution in [0.15, 0.2) is 41.0 Å². The van der Waals surface area contributed by atoms with Crippen LogP contribution in [0.2, 0.25) is 0 Å². The molecule has 0 saturated carbocycles. The van der Waals surface area contributed by atoms with Gasteiger partial charge in [-0.05, 0) is 42.3 Å². The van der Waals surface area contributed by atoms with Crippen molar-refractivity contribution in [2.45, 2.75) is 6.42 Å². The van der Waals surface area contributed by atoms with Gasteiger partial charge in [-0.2, -0.15) is 0 Å². The van der Waals surface area contributed by atoms with Gasteiger partial charge in [0.15, 0.2) is 0 Å². The molecule has 0 saturated heterocycles. The number of hydrogen-bond donors (Lipinski definition) is 1. The van der Waals surface area contributed by atoms with E-state index < -0.39 is 0 Å². The first kappa shape index (κ1) is 11.4. The molecule has 0 aliphatic rings. The molecule has 3 heteroatoms. The maximum Gasteiger partial charge on any atom is 0.0510 e. The van der Waals surface area contributed by atoms with Gasteiger partial charge in [0.1, 0.15) is 0 Å². The molecule has 0 amide bonds. The minimum absolute atomic E-state index is 0.688. The fourth-order valence-electron chi connectivity index (χ4n) is 1.94. The van der Waals surface area contributed by atoms with Gasteiger partial charge >= 0.3 is 0 Å². The molecule has 2 N–H and O–H groups in total. The molecule has 0 radical (unpaired) electrons. The minimum atomic E-state index is 0.688. The first-order valence-electron chi connectivity index (χ1n) is 5.32. The summed E-state index contributed by atoms with van der Waals surface area (Å²) in [4.78, 5) is 0. The summed E-state index contributed by atoms with van der Waals surface area (Å²) in [5, 5.41) is 0. The highest BCUT2D eigenvalue weighted by Gasteiger charge is 2.08. The highest BCUT2D eigenvalue weighted by Crippen LogP contribution is 2.26. The van der Waals surface area contributed by atoms with Crippen LogP contribution in [-0.2, 0) is 13.5 Å². The van der Waals surface area contributed by atoms with Crippen LogP contribution in [0.5, 0.6) is 0 Å². The predicted molar refractivity (Wildman–Crippen MR) is 71.3 cm³/mol. The van der Waals surface area contributed by atoms with Crippen molar-refractivity contribution in [2.75, 3.05) is 6.54 Å². The molecule has 0 unspecified atom stereocenters. The highest BCUT2D eigenvalue weighted by molar-refractivity contribution is 9.10. The standard InChI is InChI=1S/C13H15BrN2/c1-16-9-7-11(6-8-15)13(16)10-2-4-12(14)5-3-10/h2-5,7,9H,6,8,15H2,1H3. The van der Waals surface area contributed by atoms with E-state index in [-0.39, 0.29) is 0 Å². The number of halogens is 1. The topological polar surface area (TPSA) is 30.9 Å². The van der Waals surface area contributed by atoms with Crippen LogP contribution in [-0.4, -0.2) is 11.1 Å². The van der Waals surface area contributed by atoms with Gasteiger partial charge in [-0.3, -0.25) is 0 Å². The third-order valence-electron chi connectivity index (χ3n) is 2.69. The van der Waals surface area contributed by atoms with Crippen molar-refractivity contribution >= 4 is 15.9 Å². The second-order valence-corrected chi connectivity index (χ2v) is 4.76. The van der Waals surface area contributed by atoms with Crippen molar-refractivity contribution in [3.05, 3.63) is 46.6 Å². The van der Waals surface area contributed by atoms with Crippen LogP contribution in [0.1, 0.15) is 5.56 Å². The third kappa shape index (κ3) is 2.20. The van der Waals surface area contributed by atoms with Crippen LogP contribution in [0.4, 0.5) is 0 Å². The maximum absolute atomic E-state index is 5.62. The van der Waals surface area contributed by atoms with E-state index in [1.165, 1.54) is 16.8 Å². The minimum Gasteiger partial charge on any atom is -0.350 e. The Hall–Kier alpha value is -1.06. The van der Waals surface area contributed by atoms with Crippen LogP contribution < -0.4 is 5.73 Å². The Morgan fingerprint density at radius 2 is 1.88 bits per heavy atom. The Bertz CT molecular complexity index is 471. The first-order chi connectivity index (χ1) is 7.72. The molecular weight excluding hydrogens is 264 g/mol. The molecule has 0 bridgehead atoms. The van der Waals surface area contributed by atoms with E-state index in [1.807, 2.05) is 0 Å². The SMILES string of the molecule is Cn1ccc(CCN)c1-c1ccc(Br)cc1. The second-order valence-electron chi connectivity index (χ2n) is 3.85. The molecule has 0 fully saturated rings. The highest BCUT2D eigenvalue weighted by atomic mass is 79.9. The van der Waals surface area contributed by atoms with Gasteiger partial charge in [-0.25, -0.2) is 0 Å². The van der Waals surface area contributed by atoms with E-state index in [0.717, 1.165) is 10.9 Å². The lowest BCUT2D eigenvalue weighted by atomic mass is 10.1. The van der Waals surface area contributed by atoms with Crippen molar-refractivity contribution in [2.24, 2.45) is 12.8 Å². The van der Waals surface area contributed by atoms with Crippen LogP contribution in [0.25, 0.3) is 11.3 Å². The fourth-order valence-corrected chi connectivity index (χ4v) is 2.20. The number of rotatable bonds is 3. The predicted octanol–water partition coefficient (Wildman–Crippen LogP) is 2.96. The van der Waals surface area contributed by atoms with E-state index in [0.29, 0.717) is 6.54 Å². The molecule has 2 rings (SSSR count). The van der Waals surface area contributed by atoms with Gasteiger partial charge in [-0.1, -0.05) is 28.1 Å². The molecular formula is C13H15BrN2. The molecule has 2 aromatic rings. The van der Waals surface area contributed by atoms with Gasteiger partial charge in [0.25, 0.3) is 0 Å². The summed E-state index contributed by atoms with van der Waals surface area (Å²) in [6.07, 6.45) is 3.01. The molecule has 1 heterocycles. The summed E-state index contributed by atoms with van der Waals surface area (Å²) in [5.74, 6) is 0. The summed E-state index contributed by atoms with van der Waals surface area (Å²) in [6, 6.07) is 10.5. The van der Waals surface area contributed by atoms with E-state index in [1.54, 1.807) is 0 Å². The number of aryl methyl sites for hydroxylation is 1. The van der Waals surface area contributed by atoms with Crippen molar-refractivity contribution in [3.63, 3.8) is 0 Å². The number of nitrogens with two attached hydrogens (primary N) is 1. The molecule has 84 valence electrons. The zero-order valence-corrected chi connectivity index (χ0v) is 10.9. The average Bonchev–Trinajstić information content (AvgIpc) is 2.62. The van der Waals surface area contributed by atoms with E-state index in [4.69, 9.17) is 5.73 Å². The Balaban J connectivity index is 2.45. The van der Waals surface area contributed by atoms with E-state index in [9.17, 15) is 0 Å². The number of hydrogen-bond acceptors (Lipinski definition) is 1. The van der Waals surface area contributed by atoms with Gasteiger partial charge in [0, 0.05) is 17.7 Å². The summed E-state index contributed by atoms with van der Waals surface area (Å²) in [7, 11) is 2.07. The summed E-state index contributed by atoms with van der Waals surface area (Å²) < 4.78 is 3.25. The lowest BCUT2D eigenvalue weighted by molar-refractivity contribution is 0.917. The fraction of sp³-hybridized carbons (Fsp3) is 0.231. The summed E-state index contributed by atoms with van der Waals surface area (Å²) in [5.41, 5.74) is 9.43. The van der Waals surface area contributed by atoms with Gasteiger partial charge in [-0.15, -0.1) is 0 Å². The molecule has 0 aliphatic heterocycles. The molecule has 2 nitrogen and oxygen atoms in total. The average molecular weight is 279 g/mol.